The number of fused-ring (bicyclic) bond motifs is 3. The van der Waals surface area contributed by atoms with Crippen LogP contribution in [0, 0.1) is 6.92 Å². The number of carbonyl (C=O) groups excluding carboxylic acids is 2. The summed E-state index contributed by atoms with van der Waals surface area (Å²) in [6.07, 6.45) is 6.57. The summed E-state index contributed by atoms with van der Waals surface area (Å²) in [6.45, 7) is 7.76. The van der Waals surface area contributed by atoms with Crippen LogP contribution in [-0.2, 0) is 22.6 Å². The summed E-state index contributed by atoms with van der Waals surface area (Å²) in [6, 6.07) is 5.59. The lowest BCUT2D eigenvalue weighted by Crippen LogP contribution is -2.45. The molecule has 3 aliphatic heterocycles. The molecule has 0 saturated carbocycles. The van der Waals surface area contributed by atoms with Crippen LogP contribution < -0.4 is 5.32 Å². The Morgan fingerprint density at radius 3 is 2.56 bits per heavy atom. The third-order valence-electron chi connectivity index (χ3n) is 7.89. The van der Waals surface area contributed by atoms with Gasteiger partial charge >= 0.3 is 0 Å². The number of hydrogen-bond donors (Lipinski definition) is 1. The van der Waals surface area contributed by atoms with Crippen LogP contribution in [0.15, 0.2) is 12.1 Å². The van der Waals surface area contributed by atoms with Crippen molar-refractivity contribution in [3.8, 4) is 0 Å². The highest BCUT2D eigenvalue weighted by Crippen LogP contribution is 2.43. The maximum Gasteiger partial charge on any atom is 0.219 e. The molecule has 0 spiro atoms. The van der Waals surface area contributed by atoms with E-state index in [9.17, 15) is 9.59 Å². The number of piperidine rings is 1. The molecule has 0 aliphatic carbocycles. The van der Waals surface area contributed by atoms with Gasteiger partial charge in [-0.1, -0.05) is 11.6 Å². The Kier molecular flexibility index (Phi) is 6.75. The van der Waals surface area contributed by atoms with Gasteiger partial charge in [0.25, 0.3) is 0 Å². The molecule has 1 N–H and O–H groups in total. The Bertz CT molecular complexity index is 1070. The zero-order chi connectivity index (χ0) is 24.0. The van der Waals surface area contributed by atoms with E-state index < -0.39 is 0 Å². The highest BCUT2D eigenvalue weighted by atomic mass is 35.5. The van der Waals surface area contributed by atoms with E-state index in [0.717, 1.165) is 59.5 Å². The number of thiophene rings is 1. The molecule has 184 valence electrons. The summed E-state index contributed by atoms with van der Waals surface area (Å²) in [4.78, 5) is 34.3. The number of imidazole rings is 1. The first-order valence-electron chi connectivity index (χ1n) is 12.4. The van der Waals surface area contributed by atoms with E-state index in [1.807, 2.05) is 17.0 Å². The summed E-state index contributed by atoms with van der Waals surface area (Å²) in [7, 11) is 0. The number of nitrogens with zero attached hydrogens (tertiary/aromatic N) is 4. The Labute approximate surface area is 210 Å². The molecule has 5 heterocycles. The Morgan fingerprint density at radius 2 is 1.94 bits per heavy atom. The molecule has 0 radical (unpaired) electrons. The molecule has 7 nitrogen and oxygen atoms in total. The van der Waals surface area contributed by atoms with Gasteiger partial charge in [-0.25, -0.2) is 4.98 Å². The van der Waals surface area contributed by atoms with Crippen molar-refractivity contribution in [3.63, 3.8) is 0 Å². The predicted octanol–water partition coefficient (Wildman–Crippen LogP) is 4.25. The first-order valence-corrected chi connectivity index (χ1v) is 13.6. The maximum atomic E-state index is 11.8. The maximum absolute atomic E-state index is 11.8. The number of hydrogen-bond acceptors (Lipinski definition) is 5. The molecule has 4 atom stereocenters. The lowest BCUT2D eigenvalue weighted by molar-refractivity contribution is -0.129. The summed E-state index contributed by atoms with van der Waals surface area (Å²) < 4.78 is 3.26. The molecule has 2 aromatic heterocycles. The van der Waals surface area contributed by atoms with Gasteiger partial charge in [0.15, 0.2) is 0 Å². The zero-order valence-electron chi connectivity index (χ0n) is 20.2. The van der Waals surface area contributed by atoms with Gasteiger partial charge in [0.05, 0.1) is 22.6 Å². The van der Waals surface area contributed by atoms with E-state index in [0.29, 0.717) is 24.7 Å². The van der Waals surface area contributed by atoms with Crippen LogP contribution in [0.3, 0.4) is 0 Å². The quantitative estimate of drug-likeness (QED) is 0.639. The molecule has 0 aromatic carbocycles. The van der Waals surface area contributed by atoms with Crippen molar-refractivity contribution in [2.45, 2.75) is 90.0 Å². The van der Waals surface area contributed by atoms with Gasteiger partial charge in [-0.3, -0.25) is 14.5 Å². The normalized spacial score (nSPS) is 25.3. The molecule has 9 heteroatoms. The van der Waals surface area contributed by atoms with E-state index in [2.05, 4.69) is 21.7 Å². The van der Waals surface area contributed by atoms with Gasteiger partial charge in [0, 0.05) is 62.1 Å². The second-order valence-electron chi connectivity index (χ2n) is 10.0. The van der Waals surface area contributed by atoms with Crippen LogP contribution in [0.5, 0.6) is 0 Å². The summed E-state index contributed by atoms with van der Waals surface area (Å²) in [5.74, 6) is 1.22. The van der Waals surface area contributed by atoms with Crippen LogP contribution in [0.25, 0.3) is 0 Å². The SMILES string of the molecule is CC(=O)N[C@@H](CCN1[C@@H]2CC[C@H]1CC(n1c(C)nc3c1CCN(C(C)=O)C3)C2)c1ccc(Cl)s1. The van der Waals surface area contributed by atoms with Gasteiger partial charge in [-0.2, -0.15) is 0 Å². The predicted molar refractivity (Wildman–Crippen MR) is 134 cm³/mol. The molecular formula is C25H34ClN5O2S. The van der Waals surface area contributed by atoms with Gasteiger partial charge in [0.1, 0.15) is 5.82 Å². The van der Waals surface area contributed by atoms with Crippen molar-refractivity contribution in [2.75, 3.05) is 13.1 Å². The minimum Gasteiger partial charge on any atom is -0.349 e. The van der Waals surface area contributed by atoms with Crippen LogP contribution in [0.2, 0.25) is 4.34 Å². The fourth-order valence-electron chi connectivity index (χ4n) is 6.44. The molecule has 2 aromatic rings. The van der Waals surface area contributed by atoms with Crippen molar-refractivity contribution in [1.29, 1.82) is 0 Å². The van der Waals surface area contributed by atoms with Crippen LogP contribution >= 0.6 is 22.9 Å². The Hall–Kier alpha value is -1.90. The monoisotopic (exact) mass is 503 g/mol. The van der Waals surface area contributed by atoms with Crippen molar-refractivity contribution in [1.82, 2.24) is 24.7 Å². The van der Waals surface area contributed by atoms with Gasteiger partial charge in [0.2, 0.25) is 11.8 Å². The zero-order valence-corrected chi connectivity index (χ0v) is 21.8. The molecule has 34 heavy (non-hydrogen) atoms. The molecular weight excluding hydrogens is 470 g/mol. The minimum atomic E-state index is -0.0000945. The van der Waals surface area contributed by atoms with Gasteiger partial charge in [-0.05, 0) is 51.2 Å². The summed E-state index contributed by atoms with van der Waals surface area (Å²) >= 11 is 7.72. The van der Waals surface area contributed by atoms with Crippen molar-refractivity contribution >= 4 is 34.8 Å². The fraction of sp³-hybridized carbons (Fsp3) is 0.640. The second-order valence-corrected chi connectivity index (χ2v) is 11.8. The number of nitrogens with one attached hydrogen (secondary N) is 1. The summed E-state index contributed by atoms with van der Waals surface area (Å²) in [5, 5.41) is 3.13. The third-order valence-corrected chi connectivity index (χ3v) is 9.23. The average molecular weight is 504 g/mol. The van der Waals surface area contributed by atoms with Gasteiger partial charge in [-0.15, -0.1) is 11.3 Å². The first kappa shape index (κ1) is 23.8. The summed E-state index contributed by atoms with van der Waals surface area (Å²) in [5.41, 5.74) is 2.43. The van der Waals surface area contributed by atoms with E-state index in [1.54, 1.807) is 25.2 Å². The number of amides is 2. The molecule has 2 fully saturated rings. The van der Waals surface area contributed by atoms with Gasteiger partial charge < -0.3 is 14.8 Å². The highest BCUT2D eigenvalue weighted by molar-refractivity contribution is 7.16. The van der Waals surface area contributed by atoms with E-state index >= 15 is 0 Å². The average Bonchev–Trinajstić information content (AvgIpc) is 3.42. The Balaban J connectivity index is 1.27. The van der Waals surface area contributed by atoms with Crippen molar-refractivity contribution in [2.24, 2.45) is 0 Å². The number of carbonyl (C=O) groups is 2. The minimum absolute atomic E-state index is 0.0000945. The Morgan fingerprint density at radius 1 is 1.21 bits per heavy atom. The molecule has 5 rings (SSSR count). The van der Waals surface area contributed by atoms with Crippen molar-refractivity contribution in [3.05, 3.63) is 38.6 Å². The van der Waals surface area contributed by atoms with Crippen LogP contribution in [-0.4, -0.2) is 56.3 Å². The fourth-order valence-corrected chi connectivity index (χ4v) is 7.59. The molecule has 1 unspecified atom stereocenters. The van der Waals surface area contributed by atoms with Crippen molar-refractivity contribution < 1.29 is 9.59 Å². The largest absolute Gasteiger partial charge is 0.349 e. The van der Waals surface area contributed by atoms with Crippen LogP contribution in [0.4, 0.5) is 0 Å². The first-order chi connectivity index (χ1) is 16.3. The van der Waals surface area contributed by atoms with E-state index in [1.165, 1.54) is 18.5 Å². The van der Waals surface area contributed by atoms with Crippen LogP contribution in [0.1, 0.15) is 80.1 Å². The molecule has 2 saturated heterocycles. The smallest absolute Gasteiger partial charge is 0.219 e. The lowest BCUT2D eigenvalue weighted by Gasteiger charge is -2.41. The lowest BCUT2D eigenvalue weighted by atomic mass is 9.95. The second kappa shape index (κ2) is 9.63. The number of rotatable bonds is 6. The molecule has 3 aliphatic rings. The molecule has 2 bridgehead atoms. The number of aromatic nitrogens is 2. The molecule has 2 amide bonds. The third kappa shape index (κ3) is 4.64. The number of aryl methyl sites for hydroxylation is 1. The van der Waals surface area contributed by atoms with E-state index in [-0.39, 0.29) is 17.9 Å². The topological polar surface area (TPSA) is 70.5 Å². The number of halogens is 1. The highest BCUT2D eigenvalue weighted by Gasteiger charge is 2.42. The standard InChI is InChI=1S/C25H34ClN5O2S/c1-15-27-22-14-29(17(3)33)10-9-23(22)31(15)20-12-18-4-5-19(13-20)30(18)11-8-21(28-16(2)32)24-6-7-25(26)34-24/h6-7,18-21H,4-5,8-14H2,1-3H3,(H,28,32)/t18-,19+,20?,21-/m0/s1. The van der Waals surface area contributed by atoms with E-state index in [4.69, 9.17) is 16.6 Å².